The third-order valence-corrected chi connectivity index (χ3v) is 7.06. The van der Waals surface area contributed by atoms with E-state index in [4.69, 9.17) is 0 Å². The summed E-state index contributed by atoms with van der Waals surface area (Å²) < 4.78 is 2.13. The summed E-state index contributed by atoms with van der Waals surface area (Å²) in [6.45, 7) is 4.64. The van der Waals surface area contributed by atoms with Crippen LogP contribution in [0.15, 0.2) is 78.9 Å². The maximum absolute atomic E-state index is 9.57. The number of rotatable bonds is 1. The summed E-state index contributed by atoms with van der Waals surface area (Å²) in [5, 5.41) is 11.9. The van der Waals surface area contributed by atoms with Crippen molar-refractivity contribution < 1.29 is 0 Å². The normalized spacial score (nSPS) is 13.9. The minimum atomic E-state index is -0.00677. The summed E-state index contributed by atoms with van der Waals surface area (Å²) in [4.78, 5) is 0. The maximum atomic E-state index is 9.57. The molecule has 2 nitrogen and oxygen atoms in total. The first-order valence-electron chi connectivity index (χ1n) is 10.7. The largest absolute Gasteiger partial charge is 0.343 e. The number of hydrogen-bond acceptors (Lipinski definition) is 1. The van der Waals surface area contributed by atoms with Gasteiger partial charge in [0.25, 0.3) is 0 Å². The van der Waals surface area contributed by atoms with Gasteiger partial charge in [-0.25, -0.2) is 0 Å². The topological polar surface area (TPSA) is 28.7 Å². The molecular formula is C29H22N2. The van der Waals surface area contributed by atoms with Crippen molar-refractivity contribution in [2.45, 2.75) is 19.3 Å². The molecule has 4 aromatic carbocycles. The molecule has 0 aliphatic heterocycles. The zero-order valence-corrected chi connectivity index (χ0v) is 17.9. The molecule has 1 aromatic heterocycles. The number of fused-ring (bicyclic) bond motifs is 6. The van der Waals surface area contributed by atoms with E-state index in [-0.39, 0.29) is 5.41 Å². The van der Waals surface area contributed by atoms with Crippen molar-refractivity contribution in [3.05, 3.63) is 95.6 Å². The summed E-state index contributed by atoms with van der Waals surface area (Å²) in [6, 6.07) is 30.6. The quantitative estimate of drug-likeness (QED) is 0.294. The molecule has 5 aromatic rings. The lowest BCUT2D eigenvalue weighted by Gasteiger charge is -2.22. The number of nitrogens with zero attached hydrogens (tertiary/aromatic N) is 2. The van der Waals surface area contributed by atoms with Crippen LogP contribution in [-0.2, 0) is 12.5 Å². The van der Waals surface area contributed by atoms with E-state index in [2.05, 4.69) is 91.2 Å². The first-order valence-corrected chi connectivity index (χ1v) is 10.7. The molecule has 0 atom stereocenters. The highest BCUT2D eigenvalue weighted by Crippen LogP contribution is 2.49. The number of hydrogen-bond donors (Lipinski definition) is 0. The first kappa shape index (κ1) is 18.0. The lowest BCUT2D eigenvalue weighted by molar-refractivity contribution is 0.660. The van der Waals surface area contributed by atoms with Crippen LogP contribution < -0.4 is 0 Å². The predicted molar refractivity (Wildman–Crippen MR) is 128 cm³/mol. The van der Waals surface area contributed by atoms with Gasteiger partial charge < -0.3 is 4.57 Å². The van der Waals surface area contributed by atoms with Crippen molar-refractivity contribution in [3.8, 4) is 28.3 Å². The van der Waals surface area contributed by atoms with Crippen LogP contribution in [0.25, 0.3) is 44.1 Å². The van der Waals surface area contributed by atoms with Crippen molar-refractivity contribution in [1.29, 1.82) is 5.26 Å². The van der Waals surface area contributed by atoms with Crippen molar-refractivity contribution >= 4 is 21.8 Å². The fourth-order valence-corrected chi connectivity index (χ4v) is 5.44. The number of para-hydroxylation sites is 1. The molecule has 1 aliphatic rings. The van der Waals surface area contributed by atoms with E-state index in [0.717, 1.165) is 22.0 Å². The molecule has 31 heavy (non-hydrogen) atoms. The Balaban J connectivity index is 1.57. The fraction of sp³-hybridized carbons (Fsp3) is 0.138. The van der Waals surface area contributed by atoms with Gasteiger partial charge in [-0.15, -0.1) is 0 Å². The van der Waals surface area contributed by atoms with E-state index in [1.807, 2.05) is 19.2 Å². The maximum Gasteiger partial charge on any atom is 0.101 e. The molecular weight excluding hydrogens is 376 g/mol. The Kier molecular flexibility index (Phi) is 3.53. The average molecular weight is 399 g/mol. The fourth-order valence-electron chi connectivity index (χ4n) is 5.44. The first-order chi connectivity index (χ1) is 15.0. The Morgan fingerprint density at radius 2 is 1.48 bits per heavy atom. The number of aromatic nitrogens is 1. The monoisotopic (exact) mass is 398 g/mol. The van der Waals surface area contributed by atoms with Gasteiger partial charge in [0, 0.05) is 28.8 Å². The van der Waals surface area contributed by atoms with Crippen LogP contribution in [0, 0.1) is 11.3 Å². The van der Waals surface area contributed by atoms with Gasteiger partial charge in [-0.1, -0.05) is 68.4 Å². The van der Waals surface area contributed by atoms with Gasteiger partial charge >= 0.3 is 0 Å². The lowest BCUT2D eigenvalue weighted by atomic mass is 9.81. The standard InChI is InChI=1S/C29H22N2/c1-29(2)25-10-5-4-8-21(25)22-13-11-19(16-26(22)29)18-12-14-27-24(15-18)23-9-6-7-20(17-30)28(23)31(27)3/h4-16H,1-3H3. The van der Waals surface area contributed by atoms with E-state index in [1.165, 1.54) is 38.8 Å². The van der Waals surface area contributed by atoms with Gasteiger partial charge in [0.05, 0.1) is 11.1 Å². The van der Waals surface area contributed by atoms with Gasteiger partial charge in [0.2, 0.25) is 0 Å². The highest BCUT2D eigenvalue weighted by atomic mass is 14.9. The van der Waals surface area contributed by atoms with Gasteiger partial charge in [0.1, 0.15) is 6.07 Å². The average Bonchev–Trinajstić information content (AvgIpc) is 3.22. The van der Waals surface area contributed by atoms with E-state index in [1.54, 1.807) is 0 Å². The lowest BCUT2D eigenvalue weighted by Crippen LogP contribution is -2.14. The Labute approximate surface area is 182 Å². The molecule has 0 saturated heterocycles. The zero-order chi connectivity index (χ0) is 21.3. The van der Waals surface area contributed by atoms with Gasteiger partial charge in [0.15, 0.2) is 0 Å². The van der Waals surface area contributed by atoms with E-state index in [9.17, 15) is 5.26 Å². The summed E-state index contributed by atoms with van der Waals surface area (Å²) in [6.07, 6.45) is 0. The molecule has 0 radical (unpaired) electrons. The van der Waals surface area contributed by atoms with Crippen LogP contribution in [-0.4, -0.2) is 4.57 Å². The molecule has 0 spiro atoms. The second kappa shape index (κ2) is 6.09. The molecule has 0 unspecified atom stereocenters. The Bertz CT molecular complexity index is 1570. The van der Waals surface area contributed by atoms with Crippen LogP contribution in [0.4, 0.5) is 0 Å². The molecule has 0 bridgehead atoms. The molecule has 0 N–H and O–H groups in total. The zero-order valence-electron chi connectivity index (χ0n) is 17.9. The molecule has 0 amide bonds. The molecule has 1 heterocycles. The molecule has 148 valence electrons. The van der Waals surface area contributed by atoms with E-state index in [0.29, 0.717) is 0 Å². The predicted octanol–water partition coefficient (Wildman–Crippen LogP) is 7.18. The van der Waals surface area contributed by atoms with E-state index >= 15 is 0 Å². The van der Waals surface area contributed by atoms with Gasteiger partial charge in [-0.05, 0) is 57.6 Å². The second-order valence-corrected chi connectivity index (χ2v) is 9.04. The van der Waals surface area contributed by atoms with Crippen molar-refractivity contribution in [3.63, 3.8) is 0 Å². The molecule has 2 heteroatoms. The number of benzene rings is 4. The third-order valence-electron chi connectivity index (χ3n) is 7.06. The van der Waals surface area contributed by atoms with Gasteiger partial charge in [-0.3, -0.25) is 0 Å². The molecule has 0 fully saturated rings. The Morgan fingerprint density at radius 1 is 0.742 bits per heavy atom. The molecule has 0 saturated carbocycles. The Hall–Kier alpha value is -3.83. The summed E-state index contributed by atoms with van der Waals surface area (Å²) >= 11 is 0. The SMILES string of the molecule is Cn1c2ccc(-c3ccc4c(c3)C(C)(C)c3ccccc3-4)cc2c2cccc(C#N)c21. The van der Waals surface area contributed by atoms with Crippen molar-refractivity contribution in [2.75, 3.05) is 0 Å². The number of nitriles is 1. The van der Waals surface area contributed by atoms with Crippen LogP contribution in [0.5, 0.6) is 0 Å². The minimum absolute atomic E-state index is 0.00677. The van der Waals surface area contributed by atoms with Crippen molar-refractivity contribution in [1.82, 2.24) is 4.57 Å². The number of aryl methyl sites for hydroxylation is 1. The van der Waals surface area contributed by atoms with Crippen LogP contribution in [0.1, 0.15) is 30.5 Å². The van der Waals surface area contributed by atoms with Gasteiger partial charge in [-0.2, -0.15) is 5.26 Å². The summed E-state index contributed by atoms with van der Waals surface area (Å²) in [5.41, 5.74) is 10.8. The molecule has 6 rings (SSSR count). The van der Waals surface area contributed by atoms with Crippen molar-refractivity contribution in [2.24, 2.45) is 7.05 Å². The van der Waals surface area contributed by atoms with E-state index < -0.39 is 0 Å². The Morgan fingerprint density at radius 3 is 2.32 bits per heavy atom. The second-order valence-electron chi connectivity index (χ2n) is 9.04. The highest BCUT2D eigenvalue weighted by Gasteiger charge is 2.35. The summed E-state index contributed by atoms with van der Waals surface area (Å²) in [7, 11) is 2.04. The third kappa shape index (κ3) is 2.32. The molecule has 1 aliphatic carbocycles. The highest BCUT2D eigenvalue weighted by molar-refractivity contribution is 6.10. The minimum Gasteiger partial charge on any atom is -0.343 e. The van der Waals surface area contributed by atoms with Crippen LogP contribution in [0.3, 0.4) is 0 Å². The smallest absolute Gasteiger partial charge is 0.101 e. The van der Waals surface area contributed by atoms with Crippen LogP contribution in [0.2, 0.25) is 0 Å². The van der Waals surface area contributed by atoms with Crippen LogP contribution >= 0.6 is 0 Å². The summed E-state index contributed by atoms with van der Waals surface area (Å²) in [5.74, 6) is 0.